The third kappa shape index (κ3) is 2.77. The lowest BCUT2D eigenvalue weighted by molar-refractivity contribution is 0.886. The molecule has 0 unspecified atom stereocenters. The van der Waals surface area contributed by atoms with Crippen LogP contribution in [0.2, 0.25) is 0 Å². The number of pyridine rings is 1. The first kappa shape index (κ1) is 11.9. The van der Waals surface area contributed by atoms with Gasteiger partial charge < -0.3 is 10.6 Å². The number of rotatable bonds is 3. The predicted molar refractivity (Wildman–Crippen MR) is 71.9 cm³/mol. The van der Waals surface area contributed by atoms with Gasteiger partial charge in [0.2, 0.25) is 0 Å². The summed E-state index contributed by atoms with van der Waals surface area (Å²) in [6.45, 7) is 0.678. The van der Waals surface area contributed by atoms with Gasteiger partial charge in [-0.25, -0.2) is 0 Å². The van der Waals surface area contributed by atoms with Gasteiger partial charge in [-0.3, -0.25) is 4.98 Å². The van der Waals surface area contributed by atoms with E-state index in [0.29, 0.717) is 17.8 Å². The van der Waals surface area contributed by atoms with Gasteiger partial charge in [-0.1, -0.05) is 0 Å². The summed E-state index contributed by atoms with van der Waals surface area (Å²) in [4.78, 5) is 6.32. The Balaban J connectivity index is 2.12. The van der Waals surface area contributed by atoms with Crippen molar-refractivity contribution < 1.29 is 0 Å². The van der Waals surface area contributed by atoms with E-state index >= 15 is 0 Å². The number of nitrogen functional groups attached to an aromatic ring is 1. The maximum atomic E-state index is 8.75. The minimum Gasteiger partial charge on any atom is -0.399 e. The molecule has 0 amide bonds. The molecule has 0 aliphatic carbocycles. The van der Waals surface area contributed by atoms with Gasteiger partial charge >= 0.3 is 0 Å². The first-order valence-electron chi connectivity index (χ1n) is 5.61. The van der Waals surface area contributed by atoms with Gasteiger partial charge in [0.25, 0.3) is 0 Å². The van der Waals surface area contributed by atoms with Crippen LogP contribution >= 0.6 is 0 Å². The van der Waals surface area contributed by atoms with E-state index in [-0.39, 0.29) is 0 Å². The SMILES string of the molecule is CN(Cc1cc(N)ccn1)c1ccc(C#N)cc1. The molecule has 0 aliphatic heterocycles. The molecular weight excluding hydrogens is 224 g/mol. The molecule has 90 valence electrons. The summed E-state index contributed by atoms with van der Waals surface area (Å²) in [6, 6.07) is 13.2. The van der Waals surface area contributed by atoms with Crippen LogP contribution in [0.5, 0.6) is 0 Å². The Labute approximate surface area is 106 Å². The van der Waals surface area contributed by atoms with Crippen molar-refractivity contribution in [1.29, 1.82) is 5.26 Å². The zero-order valence-corrected chi connectivity index (χ0v) is 10.2. The second kappa shape index (κ2) is 5.19. The minimum atomic E-state index is 0.661. The van der Waals surface area contributed by atoms with Crippen molar-refractivity contribution in [2.45, 2.75) is 6.54 Å². The van der Waals surface area contributed by atoms with Crippen molar-refractivity contribution >= 4 is 11.4 Å². The second-order valence-corrected chi connectivity index (χ2v) is 4.10. The maximum Gasteiger partial charge on any atom is 0.0991 e. The molecule has 0 atom stereocenters. The molecule has 18 heavy (non-hydrogen) atoms. The Morgan fingerprint density at radius 2 is 2.00 bits per heavy atom. The van der Waals surface area contributed by atoms with Crippen molar-refractivity contribution in [3.63, 3.8) is 0 Å². The fraction of sp³-hybridized carbons (Fsp3) is 0.143. The smallest absolute Gasteiger partial charge is 0.0991 e. The molecular formula is C14H14N4. The van der Waals surface area contributed by atoms with E-state index in [4.69, 9.17) is 11.0 Å². The Morgan fingerprint density at radius 1 is 1.28 bits per heavy atom. The Hall–Kier alpha value is -2.54. The van der Waals surface area contributed by atoms with Gasteiger partial charge in [0.1, 0.15) is 0 Å². The summed E-state index contributed by atoms with van der Waals surface area (Å²) in [5, 5.41) is 8.75. The van der Waals surface area contributed by atoms with Gasteiger partial charge in [-0.2, -0.15) is 5.26 Å². The fourth-order valence-corrected chi connectivity index (χ4v) is 1.71. The first-order valence-corrected chi connectivity index (χ1v) is 5.61. The van der Waals surface area contributed by atoms with Gasteiger partial charge in [0.15, 0.2) is 0 Å². The molecule has 0 aliphatic rings. The first-order chi connectivity index (χ1) is 8.69. The van der Waals surface area contributed by atoms with E-state index in [1.165, 1.54) is 0 Å². The second-order valence-electron chi connectivity index (χ2n) is 4.10. The number of nitriles is 1. The topological polar surface area (TPSA) is 65.9 Å². The molecule has 1 aromatic heterocycles. The Morgan fingerprint density at radius 3 is 2.61 bits per heavy atom. The lowest BCUT2D eigenvalue weighted by Crippen LogP contribution is -2.17. The van der Waals surface area contributed by atoms with E-state index in [2.05, 4.69) is 16.0 Å². The molecule has 0 saturated carbocycles. The van der Waals surface area contributed by atoms with Crippen LogP contribution in [0.1, 0.15) is 11.3 Å². The lowest BCUT2D eigenvalue weighted by Gasteiger charge is -2.18. The third-order valence-electron chi connectivity index (χ3n) is 2.68. The number of nitrogens with two attached hydrogens (primary N) is 1. The average molecular weight is 238 g/mol. The van der Waals surface area contributed by atoms with Crippen molar-refractivity contribution in [2.75, 3.05) is 17.7 Å². The highest BCUT2D eigenvalue weighted by Crippen LogP contribution is 2.16. The predicted octanol–water partition coefficient (Wildman–Crippen LogP) is 2.17. The van der Waals surface area contributed by atoms with Crippen LogP contribution < -0.4 is 10.6 Å². The van der Waals surface area contributed by atoms with Gasteiger partial charge in [0.05, 0.1) is 23.9 Å². The summed E-state index contributed by atoms with van der Waals surface area (Å²) in [7, 11) is 1.98. The molecule has 4 heteroatoms. The van der Waals surface area contributed by atoms with Gasteiger partial charge in [0, 0.05) is 24.6 Å². The van der Waals surface area contributed by atoms with Crippen LogP contribution in [0.3, 0.4) is 0 Å². The standard InChI is InChI=1S/C14H14N4/c1-18(10-13-8-12(16)6-7-17-13)14-4-2-11(9-15)3-5-14/h2-8H,10H2,1H3,(H2,16,17). The van der Waals surface area contributed by atoms with Crippen molar-refractivity contribution in [3.05, 3.63) is 53.9 Å². The molecule has 4 nitrogen and oxygen atoms in total. The Kier molecular flexibility index (Phi) is 3.44. The van der Waals surface area contributed by atoms with Crippen LogP contribution in [0, 0.1) is 11.3 Å². The monoisotopic (exact) mass is 238 g/mol. The molecule has 2 aromatic rings. The summed E-state index contributed by atoms with van der Waals surface area (Å²) >= 11 is 0. The van der Waals surface area contributed by atoms with E-state index in [1.54, 1.807) is 24.4 Å². The largest absolute Gasteiger partial charge is 0.399 e. The Bertz CT molecular complexity index is 569. The highest BCUT2D eigenvalue weighted by atomic mass is 15.1. The zero-order valence-electron chi connectivity index (χ0n) is 10.2. The van der Waals surface area contributed by atoms with E-state index in [1.807, 2.05) is 25.2 Å². The molecule has 0 radical (unpaired) electrons. The average Bonchev–Trinajstić information content (AvgIpc) is 2.39. The number of hydrogen-bond acceptors (Lipinski definition) is 4. The van der Waals surface area contributed by atoms with Crippen LogP contribution in [0.25, 0.3) is 0 Å². The lowest BCUT2D eigenvalue weighted by atomic mass is 10.2. The summed E-state index contributed by atoms with van der Waals surface area (Å²) < 4.78 is 0. The van der Waals surface area contributed by atoms with Crippen molar-refractivity contribution in [3.8, 4) is 6.07 Å². The molecule has 0 saturated heterocycles. The van der Waals surface area contributed by atoms with Crippen LogP contribution in [0.4, 0.5) is 11.4 Å². The van der Waals surface area contributed by atoms with Gasteiger partial charge in [-0.05, 0) is 36.4 Å². The zero-order chi connectivity index (χ0) is 13.0. The molecule has 1 aromatic carbocycles. The normalized spacial score (nSPS) is 9.78. The highest BCUT2D eigenvalue weighted by molar-refractivity contribution is 5.49. The summed E-state index contributed by atoms with van der Waals surface area (Å²) in [5.41, 5.74) is 9.05. The van der Waals surface area contributed by atoms with Gasteiger partial charge in [-0.15, -0.1) is 0 Å². The number of benzene rings is 1. The quantitative estimate of drug-likeness (QED) is 0.890. The molecule has 0 bridgehead atoms. The van der Waals surface area contributed by atoms with Crippen LogP contribution in [-0.4, -0.2) is 12.0 Å². The molecule has 0 spiro atoms. The van der Waals surface area contributed by atoms with Crippen molar-refractivity contribution in [1.82, 2.24) is 4.98 Å². The molecule has 1 heterocycles. The van der Waals surface area contributed by atoms with Crippen LogP contribution in [-0.2, 0) is 6.54 Å². The van der Waals surface area contributed by atoms with E-state index < -0.39 is 0 Å². The van der Waals surface area contributed by atoms with Crippen molar-refractivity contribution in [2.24, 2.45) is 0 Å². The maximum absolute atomic E-state index is 8.75. The molecule has 2 rings (SSSR count). The number of aromatic nitrogens is 1. The summed E-state index contributed by atoms with van der Waals surface area (Å²) in [6.07, 6.45) is 1.71. The number of hydrogen-bond donors (Lipinski definition) is 1. The molecule has 0 fully saturated rings. The number of nitrogens with zero attached hydrogens (tertiary/aromatic N) is 3. The minimum absolute atomic E-state index is 0.661. The summed E-state index contributed by atoms with van der Waals surface area (Å²) in [5.74, 6) is 0. The molecule has 2 N–H and O–H groups in total. The third-order valence-corrected chi connectivity index (χ3v) is 2.68. The van der Waals surface area contributed by atoms with Crippen LogP contribution in [0.15, 0.2) is 42.6 Å². The highest BCUT2D eigenvalue weighted by Gasteiger charge is 2.03. The van der Waals surface area contributed by atoms with E-state index in [0.717, 1.165) is 11.4 Å². The number of anilines is 2. The fourth-order valence-electron chi connectivity index (χ4n) is 1.71. The van der Waals surface area contributed by atoms with E-state index in [9.17, 15) is 0 Å².